The Morgan fingerprint density at radius 1 is 0.821 bits per heavy atom. The Bertz CT molecular complexity index is 861. The maximum Gasteiger partial charge on any atom is 0.0524 e. The first kappa shape index (κ1) is 21.5. The molecule has 0 saturated heterocycles. The molecule has 3 aromatic carbocycles. The highest BCUT2D eigenvalue weighted by atomic mass is 15.0. The van der Waals surface area contributed by atoms with Crippen LogP contribution in [-0.4, -0.2) is 5.54 Å². The van der Waals surface area contributed by atoms with Crippen LogP contribution in [0.3, 0.4) is 0 Å². The van der Waals surface area contributed by atoms with E-state index in [4.69, 9.17) is 5.73 Å². The quantitative estimate of drug-likeness (QED) is 0.522. The predicted molar refractivity (Wildman–Crippen MR) is 123 cm³/mol. The van der Waals surface area contributed by atoms with Gasteiger partial charge in [-0.25, -0.2) is 0 Å². The predicted octanol–water partition coefficient (Wildman–Crippen LogP) is 6.71. The molecule has 0 aliphatic rings. The van der Waals surface area contributed by atoms with Crippen LogP contribution < -0.4 is 11.1 Å². The number of nitrogens with two attached hydrogens (primary N) is 1. The molecule has 2 heteroatoms. The van der Waals surface area contributed by atoms with Gasteiger partial charge in [0.2, 0.25) is 0 Å². The van der Waals surface area contributed by atoms with Gasteiger partial charge in [-0.1, -0.05) is 91.4 Å². The zero-order valence-electron chi connectivity index (χ0n) is 17.5. The van der Waals surface area contributed by atoms with E-state index in [1.807, 2.05) is 25.1 Å². The second-order valence-corrected chi connectivity index (χ2v) is 7.47. The zero-order chi connectivity index (χ0) is 20.6. The van der Waals surface area contributed by atoms with Crippen LogP contribution in [0.25, 0.3) is 11.1 Å². The van der Waals surface area contributed by atoms with Gasteiger partial charge in [0.25, 0.3) is 0 Å². The Balaban J connectivity index is 0.000000202. The van der Waals surface area contributed by atoms with Crippen LogP contribution in [-0.2, 0) is 0 Å². The first-order chi connectivity index (χ1) is 13.3. The van der Waals surface area contributed by atoms with Gasteiger partial charge in [0.15, 0.2) is 0 Å². The van der Waals surface area contributed by atoms with E-state index >= 15 is 0 Å². The summed E-state index contributed by atoms with van der Waals surface area (Å²) < 4.78 is 0. The Morgan fingerprint density at radius 2 is 1.29 bits per heavy atom. The van der Waals surface area contributed by atoms with Gasteiger partial charge in [0.1, 0.15) is 0 Å². The van der Waals surface area contributed by atoms with E-state index in [2.05, 4.69) is 93.3 Å². The topological polar surface area (TPSA) is 38.0 Å². The average Bonchev–Trinajstić information content (AvgIpc) is 2.71. The van der Waals surface area contributed by atoms with Gasteiger partial charge in [-0.05, 0) is 50.5 Å². The molecule has 0 aliphatic carbocycles. The van der Waals surface area contributed by atoms with Crippen molar-refractivity contribution in [3.8, 4) is 11.1 Å². The van der Waals surface area contributed by atoms with Gasteiger partial charge in [0, 0.05) is 11.4 Å². The number of rotatable bonds is 5. The first-order valence-corrected chi connectivity index (χ1v) is 9.76. The lowest BCUT2D eigenvalue weighted by molar-refractivity contribution is 0.535. The van der Waals surface area contributed by atoms with Crippen molar-refractivity contribution in [2.75, 3.05) is 5.32 Å². The lowest BCUT2D eigenvalue weighted by Crippen LogP contribution is -2.39. The van der Waals surface area contributed by atoms with Crippen molar-refractivity contribution < 1.29 is 0 Å². The molecule has 146 valence electrons. The molecule has 28 heavy (non-hydrogen) atoms. The fourth-order valence-electron chi connectivity index (χ4n) is 2.54. The normalized spacial score (nSPS) is 12.3. The molecule has 1 atom stereocenters. The molecule has 0 bridgehead atoms. The number of aryl methyl sites for hydroxylation is 2. The van der Waals surface area contributed by atoms with Gasteiger partial charge in [-0.3, -0.25) is 0 Å². The summed E-state index contributed by atoms with van der Waals surface area (Å²) in [6.45, 7) is 12.2. The van der Waals surface area contributed by atoms with E-state index in [-0.39, 0.29) is 5.54 Å². The van der Waals surface area contributed by atoms with E-state index < -0.39 is 0 Å². The Hall–Kier alpha value is -2.84. The SMILES string of the molecule is C=C(Nc1ccc(C)cc1)[C@@](C)(N)CC.Cc1ccc(-c2ccccc2)cc1. The van der Waals surface area contributed by atoms with Gasteiger partial charge < -0.3 is 11.1 Å². The largest absolute Gasteiger partial charge is 0.358 e. The molecule has 3 aromatic rings. The minimum atomic E-state index is -0.356. The second-order valence-electron chi connectivity index (χ2n) is 7.47. The average molecular weight is 373 g/mol. The monoisotopic (exact) mass is 372 g/mol. The maximum absolute atomic E-state index is 6.08. The molecule has 0 amide bonds. The maximum atomic E-state index is 6.08. The molecule has 0 radical (unpaired) electrons. The van der Waals surface area contributed by atoms with Crippen molar-refractivity contribution in [2.24, 2.45) is 5.73 Å². The van der Waals surface area contributed by atoms with Gasteiger partial charge in [0.05, 0.1) is 5.54 Å². The highest BCUT2D eigenvalue weighted by molar-refractivity contribution is 5.63. The molecule has 0 saturated carbocycles. The lowest BCUT2D eigenvalue weighted by Gasteiger charge is -2.26. The molecule has 0 heterocycles. The van der Waals surface area contributed by atoms with Crippen LogP contribution in [0.5, 0.6) is 0 Å². The molecule has 0 fully saturated rings. The van der Waals surface area contributed by atoms with Crippen molar-refractivity contribution in [3.05, 3.63) is 102 Å². The lowest BCUT2D eigenvalue weighted by atomic mass is 9.96. The highest BCUT2D eigenvalue weighted by Crippen LogP contribution is 2.19. The van der Waals surface area contributed by atoms with Crippen LogP contribution in [0.15, 0.2) is 91.1 Å². The van der Waals surface area contributed by atoms with Crippen LogP contribution in [0, 0.1) is 13.8 Å². The Morgan fingerprint density at radius 3 is 1.79 bits per heavy atom. The van der Waals surface area contributed by atoms with Crippen LogP contribution in [0.4, 0.5) is 5.69 Å². The summed E-state index contributed by atoms with van der Waals surface area (Å²) >= 11 is 0. The van der Waals surface area contributed by atoms with Crippen molar-refractivity contribution in [1.29, 1.82) is 0 Å². The van der Waals surface area contributed by atoms with Crippen molar-refractivity contribution in [1.82, 2.24) is 0 Å². The van der Waals surface area contributed by atoms with Crippen molar-refractivity contribution >= 4 is 5.69 Å². The molecule has 3 rings (SSSR count). The summed E-state index contributed by atoms with van der Waals surface area (Å²) in [5.74, 6) is 0. The van der Waals surface area contributed by atoms with E-state index in [9.17, 15) is 0 Å². The van der Waals surface area contributed by atoms with Crippen LogP contribution in [0.2, 0.25) is 0 Å². The van der Waals surface area contributed by atoms with Gasteiger partial charge in [-0.15, -0.1) is 0 Å². The zero-order valence-corrected chi connectivity index (χ0v) is 17.5. The third-order valence-electron chi connectivity index (χ3n) is 4.93. The van der Waals surface area contributed by atoms with Crippen LogP contribution >= 0.6 is 0 Å². The minimum Gasteiger partial charge on any atom is -0.358 e. The molecular weight excluding hydrogens is 340 g/mol. The van der Waals surface area contributed by atoms with Gasteiger partial charge >= 0.3 is 0 Å². The molecule has 3 N–H and O–H groups in total. The molecule has 0 spiro atoms. The van der Waals surface area contributed by atoms with E-state index in [1.54, 1.807) is 0 Å². The third kappa shape index (κ3) is 6.40. The molecule has 0 aliphatic heterocycles. The fraction of sp³-hybridized carbons (Fsp3) is 0.231. The second kappa shape index (κ2) is 9.91. The van der Waals surface area contributed by atoms with E-state index in [0.717, 1.165) is 17.8 Å². The van der Waals surface area contributed by atoms with Crippen molar-refractivity contribution in [3.63, 3.8) is 0 Å². The van der Waals surface area contributed by atoms with E-state index in [1.165, 1.54) is 22.3 Å². The summed E-state index contributed by atoms with van der Waals surface area (Å²) in [7, 11) is 0. The molecular formula is C26H32N2. The molecule has 0 unspecified atom stereocenters. The highest BCUT2D eigenvalue weighted by Gasteiger charge is 2.19. The summed E-state index contributed by atoms with van der Waals surface area (Å²) in [6, 6.07) is 27.2. The standard InChI is InChI=1S/C13H20N2.C13H12/c1-5-13(4,14)11(3)15-12-8-6-10(2)7-9-12;1-11-7-9-13(10-8-11)12-5-3-2-4-6-12/h6-9,15H,3,5,14H2,1-2,4H3;2-10H,1H3/t13-;/m0./s1. The van der Waals surface area contributed by atoms with Gasteiger partial charge in [-0.2, -0.15) is 0 Å². The number of anilines is 1. The number of benzene rings is 3. The molecule has 0 aromatic heterocycles. The number of hydrogen-bond donors (Lipinski definition) is 2. The van der Waals surface area contributed by atoms with E-state index in [0.29, 0.717) is 0 Å². The third-order valence-corrected chi connectivity index (χ3v) is 4.93. The summed E-state index contributed by atoms with van der Waals surface area (Å²) in [4.78, 5) is 0. The summed E-state index contributed by atoms with van der Waals surface area (Å²) in [5, 5.41) is 3.24. The Kier molecular flexibility index (Phi) is 7.60. The number of nitrogens with one attached hydrogen (secondary N) is 1. The van der Waals surface area contributed by atoms with Crippen LogP contribution in [0.1, 0.15) is 31.4 Å². The first-order valence-electron chi connectivity index (χ1n) is 9.76. The minimum absolute atomic E-state index is 0.356. The number of hydrogen-bond acceptors (Lipinski definition) is 2. The summed E-state index contributed by atoms with van der Waals surface area (Å²) in [5.41, 5.74) is 12.7. The molecule has 2 nitrogen and oxygen atoms in total. The summed E-state index contributed by atoms with van der Waals surface area (Å²) in [6.07, 6.45) is 0.866. The Labute approximate surface area is 170 Å². The fourth-order valence-corrected chi connectivity index (χ4v) is 2.54. The van der Waals surface area contributed by atoms with Crippen molar-refractivity contribution in [2.45, 2.75) is 39.7 Å². The smallest absolute Gasteiger partial charge is 0.0524 e.